The second kappa shape index (κ2) is 14.7. The summed E-state index contributed by atoms with van der Waals surface area (Å²) in [7, 11) is 4.07. The highest BCUT2D eigenvalue weighted by Gasteiger charge is 2.20. The Morgan fingerprint density at radius 3 is 1.84 bits per heavy atom. The molecule has 32 heavy (non-hydrogen) atoms. The molecule has 1 aromatic heterocycles. The summed E-state index contributed by atoms with van der Waals surface area (Å²) in [5, 5.41) is 0. The van der Waals surface area contributed by atoms with Crippen molar-refractivity contribution >= 4 is 35.5 Å². The van der Waals surface area contributed by atoms with E-state index in [4.69, 9.17) is 9.47 Å². The van der Waals surface area contributed by atoms with Crippen molar-refractivity contribution in [3.8, 4) is 11.5 Å². The lowest BCUT2D eigenvalue weighted by Crippen LogP contribution is -2.07. The van der Waals surface area contributed by atoms with Crippen molar-refractivity contribution in [3.63, 3.8) is 0 Å². The van der Waals surface area contributed by atoms with Crippen LogP contribution in [0, 0.1) is 0 Å². The Balaban J connectivity index is 2.19. The number of thiophene rings is 1. The number of unbranched alkanes of at least 4 members (excludes halogenated alkanes) is 6. The Labute approximate surface area is 198 Å². The summed E-state index contributed by atoms with van der Waals surface area (Å²) in [5.74, 6) is 1.32. The van der Waals surface area contributed by atoms with Crippen molar-refractivity contribution in [2.75, 3.05) is 32.2 Å². The van der Waals surface area contributed by atoms with Gasteiger partial charge in [-0.1, -0.05) is 70.6 Å². The number of hydrogen-bond donors (Lipinski definition) is 0. The topological polar surface area (TPSA) is 38.8 Å². The molecule has 0 spiro atoms. The number of ether oxygens (including phenoxy) is 2. The molecule has 0 amide bonds. The van der Waals surface area contributed by atoms with Crippen molar-refractivity contribution < 1.29 is 14.3 Å². The van der Waals surface area contributed by atoms with Gasteiger partial charge in [-0.3, -0.25) is 4.79 Å². The molecule has 0 atom stereocenters. The summed E-state index contributed by atoms with van der Waals surface area (Å²) >= 11 is 1.44. The minimum absolute atomic E-state index is 0.603. The summed E-state index contributed by atoms with van der Waals surface area (Å²) in [4.78, 5) is 15.4. The van der Waals surface area contributed by atoms with Crippen molar-refractivity contribution in [2.24, 2.45) is 0 Å². The van der Waals surface area contributed by atoms with Gasteiger partial charge < -0.3 is 14.4 Å². The minimum atomic E-state index is 0.603. The van der Waals surface area contributed by atoms with Gasteiger partial charge in [-0.15, -0.1) is 11.3 Å². The fraction of sp³-hybridized carbons (Fsp3) is 0.519. The lowest BCUT2D eigenvalue weighted by atomic mass is 10.2. The number of anilines is 1. The van der Waals surface area contributed by atoms with Crippen molar-refractivity contribution in [1.82, 2.24) is 0 Å². The largest absolute Gasteiger partial charge is 0.488 e. The number of carbonyl (C=O) groups excluding carboxylic acids is 1. The molecule has 0 unspecified atom stereocenters. The van der Waals surface area contributed by atoms with Crippen LogP contribution in [0.1, 0.15) is 85.3 Å². The number of benzene rings is 1. The fourth-order valence-corrected chi connectivity index (χ4v) is 4.27. The molecule has 4 nitrogen and oxygen atoms in total. The quantitative estimate of drug-likeness (QED) is 0.191. The second-order valence-electron chi connectivity index (χ2n) is 8.24. The fourth-order valence-electron chi connectivity index (χ4n) is 3.36. The van der Waals surface area contributed by atoms with Gasteiger partial charge in [-0.25, -0.2) is 0 Å². The van der Waals surface area contributed by atoms with E-state index in [1.165, 1.54) is 37.0 Å². The molecule has 0 aliphatic rings. The molecule has 0 bridgehead atoms. The highest BCUT2D eigenvalue weighted by molar-refractivity contribution is 7.15. The van der Waals surface area contributed by atoms with Crippen LogP contribution in [-0.4, -0.2) is 33.6 Å². The summed E-state index contributed by atoms with van der Waals surface area (Å²) < 4.78 is 12.3. The van der Waals surface area contributed by atoms with Crippen LogP contribution in [0.5, 0.6) is 11.5 Å². The van der Waals surface area contributed by atoms with Gasteiger partial charge >= 0.3 is 0 Å². The molecular weight excluding hydrogens is 418 g/mol. The molecule has 2 aromatic rings. The third-order valence-electron chi connectivity index (χ3n) is 5.31. The number of hydrogen-bond acceptors (Lipinski definition) is 5. The van der Waals surface area contributed by atoms with E-state index in [-0.39, 0.29) is 0 Å². The van der Waals surface area contributed by atoms with E-state index >= 15 is 0 Å². The van der Waals surface area contributed by atoms with Crippen LogP contribution in [0.2, 0.25) is 0 Å². The number of carbonyl (C=O) groups is 1. The minimum Gasteiger partial charge on any atom is -0.488 e. The molecule has 5 heteroatoms. The van der Waals surface area contributed by atoms with Crippen molar-refractivity contribution in [1.29, 1.82) is 0 Å². The van der Waals surface area contributed by atoms with E-state index in [0.717, 1.165) is 48.1 Å². The molecule has 0 saturated carbocycles. The van der Waals surface area contributed by atoms with Gasteiger partial charge in [-0.2, -0.15) is 0 Å². The lowest BCUT2D eigenvalue weighted by Gasteiger charge is -2.12. The molecular formula is C27H39NO3S. The summed E-state index contributed by atoms with van der Waals surface area (Å²) in [6, 6.07) is 8.38. The molecule has 1 heterocycles. The third-order valence-corrected chi connectivity index (χ3v) is 6.35. The maximum atomic E-state index is 11.8. The van der Waals surface area contributed by atoms with Crippen molar-refractivity contribution in [3.05, 3.63) is 39.6 Å². The molecule has 0 radical (unpaired) electrons. The van der Waals surface area contributed by atoms with Gasteiger partial charge in [0.1, 0.15) is 4.88 Å². The van der Waals surface area contributed by atoms with Crippen LogP contribution < -0.4 is 14.4 Å². The Morgan fingerprint density at radius 2 is 1.34 bits per heavy atom. The van der Waals surface area contributed by atoms with Gasteiger partial charge in [0.2, 0.25) is 0 Å². The first-order chi connectivity index (χ1) is 15.6. The highest BCUT2D eigenvalue weighted by Crippen LogP contribution is 2.43. The zero-order chi connectivity index (χ0) is 23.2. The molecule has 2 rings (SSSR count). The number of aldehydes is 1. The van der Waals surface area contributed by atoms with Gasteiger partial charge in [-0.05, 0) is 36.6 Å². The summed E-state index contributed by atoms with van der Waals surface area (Å²) in [6.45, 7) is 5.65. The van der Waals surface area contributed by atoms with Crippen LogP contribution in [-0.2, 0) is 0 Å². The Bertz CT molecular complexity index is 824. The second-order valence-corrected chi connectivity index (χ2v) is 9.33. The van der Waals surface area contributed by atoms with Crippen LogP contribution in [0.15, 0.2) is 24.3 Å². The lowest BCUT2D eigenvalue weighted by molar-refractivity contribution is 0.112. The van der Waals surface area contributed by atoms with Gasteiger partial charge in [0, 0.05) is 19.8 Å². The SMILES string of the molecule is CCCCCCOc1c(C=O)sc(C=Cc2ccc(N(C)C)cc2)c1OCCCCCC. The van der Waals surface area contributed by atoms with Gasteiger partial charge in [0.25, 0.3) is 0 Å². The van der Waals surface area contributed by atoms with E-state index in [1.807, 2.05) is 20.2 Å². The standard InChI is InChI=1S/C27H39NO3S/c1-5-7-9-11-19-30-26-24(18-15-22-13-16-23(17-14-22)28(3)4)32-25(21-29)27(26)31-20-12-10-8-6-2/h13-18,21H,5-12,19-20H2,1-4H3. The first-order valence-corrected chi connectivity index (χ1v) is 12.7. The Morgan fingerprint density at radius 1 is 0.781 bits per heavy atom. The monoisotopic (exact) mass is 457 g/mol. The zero-order valence-corrected chi connectivity index (χ0v) is 21.0. The maximum Gasteiger partial charge on any atom is 0.183 e. The normalized spacial score (nSPS) is 11.1. The number of rotatable bonds is 16. The first-order valence-electron chi connectivity index (χ1n) is 11.9. The summed E-state index contributed by atoms with van der Waals surface area (Å²) in [5.41, 5.74) is 2.27. The predicted molar refractivity (Wildman–Crippen MR) is 139 cm³/mol. The van der Waals surface area contributed by atoms with E-state index in [1.54, 1.807) is 0 Å². The predicted octanol–water partition coefficient (Wildman–Crippen LogP) is 7.72. The molecule has 0 aliphatic heterocycles. The number of nitrogens with zero attached hydrogens (tertiary/aromatic N) is 1. The smallest absolute Gasteiger partial charge is 0.183 e. The highest BCUT2D eigenvalue weighted by atomic mass is 32.1. The molecule has 1 aromatic carbocycles. The van der Waals surface area contributed by atoms with Crippen LogP contribution in [0.4, 0.5) is 5.69 Å². The van der Waals surface area contributed by atoms with Gasteiger partial charge in [0.15, 0.2) is 17.8 Å². The average molecular weight is 458 g/mol. The van der Waals surface area contributed by atoms with E-state index < -0.39 is 0 Å². The maximum absolute atomic E-state index is 11.8. The first kappa shape index (κ1) is 26.0. The van der Waals surface area contributed by atoms with Gasteiger partial charge in [0.05, 0.1) is 18.1 Å². The average Bonchev–Trinajstić information content (AvgIpc) is 3.14. The molecule has 0 saturated heterocycles. The van der Waals surface area contributed by atoms with Crippen molar-refractivity contribution in [2.45, 2.75) is 65.2 Å². The van der Waals surface area contributed by atoms with Crippen LogP contribution in [0.3, 0.4) is 0 Å². The van der Waals surface area contributed by atoms with E-state index in [2.05, 4.69) is 49.1 Å². The van der Waals surface area contributed by atoms with E-state index in [9.17, 15) is 4.79 Å². The summed E-state index contributed by atoms with van der Waals surface area (Å²) in [6.07, 6.45) is 14.1. The Kier molecular flexibility index (Phi) is 12.0. The molecule has 176 valence electrons. The van der Waals surface area contributed by atoms with Crippen LogP contribution in [0.25, 0.3) is 12.2 Å². The molecule has 0 fully saturated rings. The third kappa shape index (κ3) is 8.34. The Hall–Kier alpha value is -2.27. The van der Waals surface area contributed by atoms with E-state index in [0.29, 0.717) is 29.6 Å². The molecule has 0 aliphatic carbocycles. The molecule has 0 N–H and O–H groups in total. The van der Waals surface area contributed by atoms with Crippen LogP contribution >= 0.6 is 11.3 Å². The zero-order valence-electron chi connectivity index (χ0n) is 20.2.